The van der Waals surface area contributed by atoms with Gasteiger partial charge in [-0.3, -0.25) is 0 Å². The third-order valence-electron chi connectivity index (χ3n) is 3.30. The maximum atomic E-state index is 10.2. The van der Waals surface area contributed by atoms with E-state index in [1.165, 1.54) is 0 Å². The van der Waals surface area contributed by atoms with Crippen LogP contribution in [-0.4, -0.2) is 22.3 Å². The van der Waals surface area contributed by atoms with Crippen molar-refractivity contribution in [2.24, 2.45) is 0 Å². The van der Waals surface area contributed by atoms with Gasteiger partial charge in [-0.15, -0.1) is 0 Å². The van der Waals surface area contributed by atoms with Gasteiger partial charge in [0.05, 0.1) is 5.39 Å². The summed E-state index contributed by atoms with van der Waals surface area (Å²) in [7, 11) is 0. The van der Waals surface area contributed by atoms with Gasteiger partial charge in [0, 0.05) is 12.1 Å². The third kappa shape index (κ3) is 3.14. The van der Waals surface area contributed by atoms with Crippen LogP contribution in [0.3, 0.4) is 0 Å². The standard InChI is InChI=1S/C16H23NO3/c1-5-10-6-7-12(18)11-8-14(20-15(10)11)13(19)9-17-16(2,3)4/h6-8,13,17-19H,5,9H2,1-4H3. The van der Waals surface area contributed by atoms with E-state index in [2.05, 4.69) is 5.32 Å². The van der Waals surface area contributed by atoms with E-state index < -0.39 is 6.10 Å². The minimum atomic E-state index is -0.731. The molecule has 1 atom stereocenters. The van der Waals surface area contributed by atoms with Crippen LogP contribution in [0.4, 0.5) is 0 Å². The van der Waals surface area contributed by atoms with Crippen LogP contribution in [0.1, 0.15) is 45.1 Å². The highest BCUT2D eigenvalue weighted by Gasteiger charge is 2.19. The van der Waals surface area contributed by atoms with E-state index in [0.717, 1.165) is 12.0 Å². The first-order valence-electron chi connectivity index (χ1n) is 6.99. The Morgan fingerprint density at radius 1 is 1.30 bits per heavy atom. The van der Waals surface area contributed by atoms with Crippen LogP contribution in [0, 0.1) is 0 Å². The number of furan rings is 1. The van der Waals surface area contributed by atoms with E-state index in [1.54, 1.807) is 12.1 Å². The van der Waals surface area contributed by atoms with Crippen molar-refractivity contribution in [3.8, 4) is 5.75 Å². The number of phenols is 1. The molecule has 0 aliphatic rings. The number of fused-ring (bicyclic) bond motifs is 1. The molecule has 1 heterocycles. The Bertz CT molecular complexity index is 596. The SMILES string of the molecule is CCc1ccc(O)c2cc(C(O)CNC(C)(C)C)oc12. The number of benzene rings is 1. The van der Waals surface area contributed by atoms with Gasteiger partial charge < -0.3 is 19.9 Å². The minimum Gasteiger partial charge on any atom is -0.507 e. The van der Waals surface area contributed by atoms with Crippen LogP contribution < -0.4 is 5.32 Å². The van der Waals surface area contributed by atoms with Crippen molar-refractivity contribution in [1.82, 2.24) is 5.32 Å². The molecule has 1 aromatic carbocycles. The quantitative estimate of drug-likeness (QED) is 0.803. The van der Waals surface area contributed by atoms with Gasteiger partial charge in [0.25, 0.3) is 0 Å². The molecular formula is C16H23NO3. The molecule has 0 radical (unpaired) electrons. The van der Waals surface area contributed by atoms with Crippen molar-refractivity contribution in [2.75, 3.05) is 6.54 Å². The molecule has 20 heavy (non-hydrogen) atoms. The van der Waals surface area contributed by atoms with Crippen molar-refractivity contribution < 1.29 is 14.6 Å². The molecule has 0 spiro atoms. The number of phenolic OH excluding ortho intramolecular Hbond substituents is 1. The lowest BCUT2D eigenvalue weighted by molar-refractivity contribution is 0.140. The Labute approximate surface area is 119 Å². The lowest BCUT2D eigenvalue weighted by atomic mass is 10.1. The molecule has 4 heteroatoms. The number of rotatable bonds is 4. The molecule has 2 rings (SSSR count). The van der Waals surface area contributed by atoms with Gasteiger partial charge in [-0.1, -0.05) is 13.0 Å². The topological polar surface area (TPSA) is 65.6 Å². The zero-order valence-electron chi connectivity index (χ0n) is 12.5. The molecule has 0 fully saturated rings. The molecule has 1 unspecified atom stereocenters. The van der Waals surface area contributed by atoms with Crippen LogP contribution in [-0.2, 0) is 6.42 Å². The minimum absolute atomic E-state index is 0.0658. The number of hydrogen-bond acceptors (Lipinski definition) is 4. The maximum Gasteiger partial charge on any atom is 0.141 e. The average Bonchev–Trinajstić information content (AvgIpc) is 2.81. The molecular weight excluding hydrogens is 254 g/mol. The number of aliphatic hydroxyl groups excluding tert-OH is 1. The van der Waals surface area contributed by atoms with E-state index in [1.807, 2.05) is 33.8 Å². The molecule has 4 nitrogen and oxygen atoms in total. The number of hydrogen-bond donors (Lipinski definition) is 3. The fourth-order valence-electron chi connectivity index (χ4n) is 2.13. The molecule has 0 saturated heterocycles. The summed E-state index contributed by atoms with van der Waals surface area (Å²) in [5, 5.41) is 24.0. The Morgan fingerprint density at radius 2 is 2.00 bits per heavy atom. The summed E-state index contributed by atoms with van der Waals surface area (Å²) in [5.74, 6) is 0.663. The molecule has 0 aliphatic heterocycles. The average molecular weight is 277 g/mol. The first kappa shape index (κ1) is 14.9. The summed E-state index contributed by atoms with van der Waals surface area (Å²) in [4.78, 5) is 0. The lowest BCUT2D eigenvalue weighted by Gasteiger charge is -2.22. The molecule has 3 N–H and O–H groups in total. The van der Waals surface area contributed by atoms with Crippen molar-refractivity contribution in [1.29, 1.82) is 0 Å². The Hall–Kier alpha value is -1.52. The van der Waals surface area contributed by atoms with Crippen molar-refractivity contribution >= 4 is 11.0 Å². The first-order chi connectivity index (χ1) is 9.31. The third-order valence-corrected chi connectivity index (χ3v) is 3.30. The highest BCUT2D eigenvalue weighted by atomic mass is 16.4. The van der Waals surface area contributed by atoms with Gasteiger partial charge in [-0.2, -0.15) is 0 Å². The molecule has 0 bridgehead atoms. The molecule has 110 valence electrons. The van der Waals surface area contributed by atoms with Gasteiger partial charge in [-0.05, 0) is 44.9 Å². The van der Waals surface area contributed by atoms with E-state index in [4.69, 9.17) is 4.42 Å². The Balaban J connectivity index is 2.29. The second kappa shape index (κ2) is 5.46. The molecule has 0 aliphatic carbocycles. The molecule has 0 amide bonds. The van der Waals surface area contributed by atoms with E-state index in [9.17, 15) is 10.2 Å². The number of aliphatic hydroxyl groups is 1. The Kier molecular flexibility index (Phi) is 4.06. The van der Waals surface area contributed by atoms with Crippen LogP contribution in [0.2, 0.25) is 0 Å². The van der Waals surface area contributed by atoms with Gasteiger partial charge >= 0.3 is 0 Å². The molecule has 1 aromatic heterocycles. The van der Waals surface area contributed by atoms with Gasteiger partial charge in [0.15, 0.2) is 0 Å². The van der Waals surface area contributed by atoms with E-state index in [0.29, 0.717) is 23.3 Å². The maximum absolute atomic E-state index is 10.2. The lowest BCUT2D eigenvalue weighted by Crippen LogP contribution is -2.38. The fraction of sp³-hybridized carbons (Fsp3) is 0.500. The van der Waals surface area contributed by atoms with Crippen LogP contribution in [0.5, 0.6) is 5.75 Å². The van der Waals surface area contributed by atoms with Crippen molar-refractivity contribution in [3.05, 3.63) is 29.5 Å². The monoisotopic (exact) mass is 277 g/mol. The van der Waals surface area contributed by atoms with Crippen molar-refractivity contribution in [2.45, 2.75) is 45.8 Å². The molecule has 0 saturated carbocycles. The zero-order chi connectivity index (χ0) is 14.9. The Morgan fingerprint density at radius 3 is 2.60 bits per heavy atom. The normalized spacial score (nSPS) is 13.8. The largest absolute Gasteiger partial charge is 0.507 e. The van der Waals surface area contributed by atoms with Crippen LogP contribution in [0.25, 0.3) is 11.0 Å². The van der Waals surface area contributed by atoms with Crippen molar-refractivity contribution in [3.63, 3.8) is 0 Å². The first-order valence-corrected chi connectivity index (χ1v) is 6.99. The highest BCUT2D eigenvalue weighted by molar-refractivity contribution is 5.87. The fourth-order valence-corrected chi connectivity index (χ4v) is 2.13. The summed E-state index contributed by atoms with van der Waals surface area (Å²) >= 11 is 0. The summed E-state index contributed by atoms with van der Waals surface area (Å²) in [6.07, 6.45) is 0.0887. The van der Waals surface area contributed by atoms with E-state index in [-0.39, 0.29) is 11.3 Å². The zero-order valence-corrected chi connectivity index (χ0v) is 12.5. The molecule has 2 aromatic rings. The number of β-amino-alcohol motifs (C(OH)–C–C–N with tert-alkyl or cyclic N) is 1. The van der Waals surface area contributed by atoms with Gasteiger partial charge in [-0.25, -0.2) is 0 Å². The smallest absolute Gasteiger partial charge is 0.141 e. The summed E-state index contributed by atoms with van der Waals surface area (Å²) < 4.78 is 5.75. The predicted octanol–water partition coefficient (Wildman–Crippen LogP) is 3.12. The van der Waals surface area contributed by atoms with Crippen LogP contribution in [0.15, 0.2) is 22.6 Å². The number of nitrogens with one attached hydrogen (secondary N) is 1. The summed E-state index contributed by atoms with van der Waals surface area (Å²) in [5.41, 5.74) is 1.63. The summed E-state index contributed by atoms with van der Waals surface area (Å²) in [6, 6.07) is 5.24. The number of aryl methyl sites for hydroxylation is 1. The number of aromatic hydroxyl groups is 1. The predicted molar refractivity (Wildman–Crippen MR) is 80.0 cm³/mol. The highest BCUT2D eigenvalue weighted by Crippen LogP contribution is 2.33. The second-order valence-electron chi connectivity index (χ2n) is 6.14. The van der Waals surface area contributed by atoms with Crippen LogP contribution >= 0.6 is 0 Å². The van der Waals surface area contributed by atoms with E-state index >= 15 is 0 Å². The summed E-state index contributed by atoms with van der Waals surface area (Å²) in [6.45, 7) is 8.56. The second-order valence-corrected chi connectivity index (χ2v) is 6.14. The van der Waals surface area contributed by atoms with Gasteiger partial charge in [0.1, 0.15) is 23.2 Å². The van der Waals surface area contributed by atoms with Gasteiger partial charge in [0.2, 0.25) is 0 Å².